The molecule has 1 aliphatic rings. The zero-order valence-electron chi connectivity index (χ0n) is 11.6. The highest BCUT2D eigenvalue weighted by molar-refractivity contribution is 6.03. The molecule has 1 fully saturated rings. The largest absolute Gasteiger partial charge is 0.367 e. The van der Waals surface area contributed by atoms with Crippen molar-refractivity contribution in [3.63, 3.8) is 0 Å². The fourth-order valence-corrected chi connectivity index (χ4v) is 1.94. The summed E-state index contributed by atoms with van der Waals surface area (Å²) in [6.07, 6.45) is 2.22. The van der Waals surface area contributed by atoms with Gasteiger partial charge in [-0.05, 0) is 31.9 Å². The lowest BCUT2D eigenvalue weighted by Crippen LogP contribution is -2.16. The first-order valence-corrected chi connectivity index (χ1v) is 6.80. The van der Waals surface area contributed by atoms with Gasteiger partial charge in [0.05, 0.1) is 5.69 Å². The smallest absolute Gasteiger partial charge is 0.274 e. The van der Waals surface area contributed by atoms with E-state index in [9.17, 15) is 9.18 Å². The van der Waals surface area contributed by atoms with Gasteiger partial charge in [-0.2, -0.15) is 0 Å². The van der Waals surface area contributed by atoms with Crippen LogP contribution in [0.5, 0.6) is 0 Å². The predicted molar refractivity (Wildman–Crippen MR) is 77.8 cm³/mol. The zero-order valence-corrected chi connectivity index (χ0v) is 11.6. The summed E-state index contributed by atoms with van der Waals surface area (Å²) in [4.78, 5) is 20.5. The van der Waals surface area contributed by atoms with E-state index in [4.69, 9.17) is 0 Å². The van der Waals surface area contributed by atoms with Crippen LogP contribution in [-0.4, -0.2) is 21.9 Å². The molecule has 2 N–H and O–H groups in total. The Morgan fingerprint density at radius 2 is 2.05 bits per heavy atom. The van der Waals surface area contributed by atoms with Gasteiger partial charge in [0.25, 0.3) is 5.91 Å². The van der Waals surface area contributed by atoms with Crippen LogP contribution in [0.4, 0.5) is 15.9 Å². The number of anilines is 2. The number of nitrogens with one attached hydrogen (secondary N) is 2. The first kappa shape index (κ1) is 13.5. The number of amides is 1. The topological polar surface area (TPSA) is 66.9 Å². The third-order valence-corrected chi connectivity index (χ3v) is 3.12. The minimum atomic E-state index is -0.479. The first-order chi connectivity index (χ1) is 10.1. The summed E-state index contributed by atoms with van der Waals surface area (Å²) in [6, 6.07) is 8.04. The van der Waals surface area contributed by atoms with E-state index in [0.717, 1.165) is 12.8 Å². The summed E-state index contributed by atoms with van der Waals surface area (Å²) < 4.78 is 13.5. The Morgan fingerprint density at radius 3 is 2.76 bits per heavy atom. The van der Waals surface area contributed by atoms with Crippen LogP contribution >= 0.6 is 0 Å². The standard InChI is InChI=1S/C15H15FN4O/c1-9-17-13(8-14(18-9)19-10-6-7-10)15(21)20-12-5-3-2-4-11(12)16/h2-5,8,10H,6-7H2,1H3,(H,20,21)(H,17,18,19). The van der Waals surface area contributed by atoms with Gasteiger partial charge in [-0.15, -0.1) is 0 Å². The monoisotopic (exact) mass is 286 g/mol. The quantitative estimate of drug-likeness (QED) is 0.907. The molecule has 0 aliphatic heterocycles. The van der Waals surface area contributed by atoms with E-state index in [2.05, 4.69) is 20.6 Å². The number of carbonyl (C=O) groups is 1. The van der Waals surface area contributed by atoms with Crippen molar-refractivity contribution in [2.24, 2.45) is 0 Å². The second kappa shape index (κ2) is 5.47. The summed E-state index contributed by atoms with van der Waals surface area (Å²) >= 11 is 0. The highest BCUT2D eigenvalue weighted by Crippen LogP contribution is 2.24. The molecule has 3 rings (SSSR count). The molecule has 6 heteroatoms. The number of aromatic nitrogens is 2. The van der Waals surface area contributed by atoms with E-state index < -0.39 is 11.7 Å². The summed E-state index contributed by atoms with van der Waals surface area (Å²) in [5, 5.41) is 5.74. The Balaban J connectivity index is 1.80. The minimum absolute atomic E-state index is 0.135. The molecule has 0 atom stereocenters. The third-order valence-electron chi connectivity index (χ3n) is 3.12. The number of aryl methyl sites for hydroxylation is 1. The maximum absolute atomic E-state index is 13.5. The molecule has 1 aromatic carbocycles. The molecule has 1 aromatic heterocycles. The summed E-state index contributed by atoms with van der Waals surface area (Å²) in [5.74, 6) is 0.195. The lowest BCUT2D eigenvalue weighted by molar-refractivity contribution is 0.102. The van der Waals surface area contributed by atoms with E-state index in [-0.39, 0.29) is 11.4 Å². The molecule has 1 amide bonds. The van der Waals surface area contributed by atoms with Gasteiger partial charge >= 0.3 is 0 Å². The van der Waals surface area contributed by atoms with Gasteiger partial charge in [0.1, 0.15) is 23.2 Å². The molecular weight excluding hydrogens is 271 g/mol. The normalized spacial score (nSPS) is 13.8. The number of para-hydroxylation sites is 1. The van der Waals surface area contributed by atoms with Crippen molar-refractivity contribution in [3.05, 3.63) is 47.7 Å². The molecule has 0 unspecified atom stereocenters. The SMILES string of the molecule is Cc1nc(NC2CC2)cc(C(=O)Nc2ccccc2F)n1. The summed E-state index contributed by atoms with van der Waals surface area (Å²) in [5.41, 5.74) is 0.351. The Morgan fingerprint density at radius 1 is 1.29 bits per heavy atom. The van der Waals surface area contributed by atoms with Gasteiger partial charge in [-0.1, -0.05) is 12.1 Å². The van der Waals surface area contributed by atoms with Crippen molar-refractivity contribution in [2.75, 3.05) is 10.6 Å². The Labute approximate surface area is 121 Å². The number of hydrogen-bond donors (Lipinski definition) is 2. The molecule has 0 radical (unpaired) electrons. The highest BCUT2D eigenvalue weighted by Gasteiger charge is 2.22. The van der Waals surface area contributed by atoms with Crippen LogP contribution in [0.25, 0.3) is 0 Å². The Kier molecular flexibility index (Phi) is 3.51. The van der Waals surface area contributed by atoms with Gasteiger partial charge < -0.3 is 10.6 Å². The lowest BCUT2D eigenvalue weighted by Gasteiger charge is -2.09. The second-order valence-electron chi connectivity index (χ2n) is 5.04. The van der Waals surface area contributed by atoms with Crippen molar-refractivity contribution >= 4 is 17.4 Å². The summed E-state index contributed by atoms with van der Waals surface area (Å²) in [7, 11) is 0. The molecule has 5 nitrogen and oxygen atoms in total. The molecule has 2 aromatic rings. The van der Waals surface area contributed by atoms with E-state index >= 15 is 0 Å². The van der Waals surface area contributed by atoms with Crippen LogP contribution in [0.2, 0.25) is 0 Å². The van der Waals surface area contributed by atoms with E-state index in [1.54, 1.807) is 25.1 Å². The van der Waals surface area contributed by atoms with Crippen molar-refractivity contribution in [1.29, 1.82) is 0 Å². The van der Waals surface area contributed by atoms with E-state index in [1.165, 1.54) is 12.1 Å². The fraction of sp³-hybridized carbons (Fsp3) is 0.267. The predicted octanol–water partition coefficient (Wildman–Crippen LogP) is 2.75. The van der Waals surface area contributed by atoms with Gasteiger partial charge in [0.15, 0.2) is 0 Å². The van der Waals surface area contributed by atoms with Gasteiger partial charge in [-0.3, -0.25) is 4.79 Å². The zero-order chi connectivity index (χ0) is 14.8. The molecule has 21 heavy (non-hydrogen) atoms. The first-order valence-electron chi connectivity index (χ1n) is 6.80. The van der Waals surface area contributed by atoms with E-state index in [0.29, 0.717) is 17.7 Å². The van der Waals surface area contributed by atoms with Crippen LogP contribution in [0, 0.1) is 12.7 Å². The second-order valence-corrected chi connectivity index (χ2v) is 5.04. The molecule has 108 valence electrons. The number of rotatable bonds is 4. The van der Waals surface area contributed by atoms with E-state index in [1.807, 2.05) is 0 Å². The van der Waals surface area contributed by atoms with Crippen LogP contribution in [0.15, 0.2) is 30.3 Å². The Hall–Kier alpha value is -2.50. The maximum Gasteiger partial charge on any atom is 0.274 e. The number of carbonyl (C=O) groups excluding carboxylic acids is 1. The maximum atomic E-state index is 13.5. The van der Waals surface area contributed by atoms with Crippen molar-refractivity contribution in [2.45, 2.75) is 25.8 Å². The van der Waals surface area contributed by atoms with Crippen LogP contribution in [0.1, 0.15) is 29.2 Å². The number of hydrogen-bond acceptors (Lipinski definition) is 4. The van der Waals surface area contributed by atoms with Crippen molar-refractivity contribution < 1.29 is 9.18 Å². The lowest BCUT2D eigenvalue weighted by atomic mass is 10.3. The van der Waals surface area contributed by atoms with Crippen molar-refractivity contribution in [1.82, 2.24) is 9.97 Å². The molecular formula is C15H15FN4O. The average Bonchev–Trinajstić information content (AvgIpc) is 3.24. The molecule has 1 heterocycles. The molecule has 1 saturated carbocycles. The van der Waals surface area contributed by atoms with Crippen LogP contribution < -0.4 is 10.6 Å². The van der Waals surface area contributed by atoms with Crippen molar-refractivity contribution in [3.8, 4) is 0 Å². The number of nitrogens with zero attached hydrogens (tertiary/aromatic N) is 2. The summed E-state index contributed by atoms with van der Waals surface area (Å²) in [6.45, 7) is 1.72. The third kappa shape index (κ3) is 3.34. The number of benzene rings is 1. The fourth-order valence-electron chi connectivity index (χ4n) is 1.94. The van der Waals surface area contributed by atoms with Gasteiger partial charge in [0.2, 0.25) is 0 Å². The highest BCUT2D eigenvalue weighted by atomic mass is 19.1. The van der Waals surface area contributed by atoms with Crippen LogP contribution in [-0.2, 0) is 0 Å². The van der Waals surface area contributed by atoms with Gasteiger partial charge in [-0.25, -0.2) is 14.4 Å². The molecule has 0 saturated heterocycles. The average molecular weight is 286 g/mol. The number of halogens is 1. The molecule has 0 bridgehead atoms. The van der Waals surface area contributed by atoms with Crippen LogP contribution in [0.3, 0.4) is 0 Å². The van der Waals surface area contributed by atoms with Gasteiger partial charge in [0, 0.05) is 12.1 Å². The molecule has 1 aliphatic carbocycles. The Bertz CT molecular complexity index is 685. The minimum Gasteiger partial charge on any atom is -0.367 e. The molecule has 0 spiro atoms.